The number of hydrogen-bond donors (Lipinski definition) is 2. The van der Waals surface area contributed by atoms with E-state index in [9.17, 15) is 13.2 Å². The number of benzene rings is 1. The van der Waals surface area contributed by atoms with Crippen molar-refractivity contribution in [2.45, 2.75) is 10.9 Å². The highest BCUT2D eigenvalue weighted by Crippen LogP contribution is 2.16. The van der Waals surface area contributed by atoms with Crippen LogP contribution in [0.5, 0.6) is 0 Å². The van der Waals surface area contributed by atoms with Gasteiger partial charge in [-0.05, 0) is 12.1 Å². The maximum absolute atomic E-state index is 12.3. The second-order valence-corrected chi connectivity index (χ2v) is 5.96. The summed E-state index contributed by atoms with van der Waals surface area (Å²) in [5.41, 5.74) is 0. The van der Waals surface area contributed by atoms with E-state index in [2.05, 4.69) is 5.32 Å². The smallest absolute Gasteiger partial charge is 0.322 e. The van der Waals surface area contributed by atoms with E-state index < -0.39 is 22.0 Å². The first-order valence-corrected chi connectivity index (χ1v) is 6.97. The van der Waals surface area contributed by atoms with Crippen LogP contribution >= 0.6 is 0 Å². The maximum atomic E-state index is 12.3. The molecule has 1 saturated heterocycles. The van der Waals surface area contributed by atoms with Gasteiger partial charge in [0.05, 0.1) is 4.90 Å². The van der Waals surface area contributed by atoms with Crippen LogP contribution in [0, 0.1) is 0 Å². The van der Waals surface area contributed by atoms with Crippen LogP contribution in [0.15, 0.2) is 35.2 Å². The molecule has 1 aliphatic heterocycles. The predicted octanol–water partition coefficient (Wildman–Crippen LogP) is -0.266. The molecule has 0 saturated carbocycles. The fraction of sp³-hybridized carbons (Fsp3) is 0.364. The third-order valence-electron chi connectivity index (χ3n) is 2.82. The molecule has 2 N–H and O–H groups in total. The first-order chi connectivity index (χ1) is 8.51. The Balaban J connectivity index is 2.23. The number of sulfonamides is 1. The number of aliphatic carboxylic acids is 1. The Hall–Kier alpha value is -1.44. The highest BCUT2D eigenvalue weighted by Gasteiger charge is 2.32. The van der Waals surface area contributed by atoms with E-state index in [1.54, 1.807) is 18.2 Å². The summed E-state index contributed by atoms with van der Waals surface area (Å²) in [4.78, 5) is 11.1. The SMILES string of the molecule is O=C(O)C1CN(S(=O)(=O)c2ccccc2)CCN1. The Kier molecular flexibility index (Phi) is 3.65. The van der Waals surface area contributed by atoms with Crippen molar-refractivity contribution in [1.29, 1.82) is 0 Å². The van der Waals surface area contributed by atoms with Crippen molar-refractivity contribution in [2.75, 3.05) is 19.6 Å². The van der Waals surface area contributed by atoms with Crippen molar-refractivity contribution in [1.82, 2.24) is 9.62 Å². The molecular formula is C11H14N2O4S. The van der Waals surface area contributed by atoms with Gasteiger partial charge in [0, 0.05) is 19.6 Å². The topological polar surface area (TPSA) is 86.7 Å². The normalized spacial score (nSPS) is 21.7. The molecule has 1 aromatic carbocycles. The zero-order chi connectivity index (χ0) is 13.2. The molecule has 0 aromatic heterocycles. The molecule has 0 radical (unpaired) electrons. The summed E-state index contributed by atoms with van der Waals surface area (Å²) in [6.45, 7) is 0.566. The van der Waals surface area contributed by atoms with Crippen molar-refractivity contribution in [2.24, 2.45) is 0 Å². The van der Waals surface area contributed by atoms with E-state index in [-0.39, 0.29) is 18.0 Å². The number of rotatable bonds is 3. The molecule has 1 fully saturated rings. The first kappa shape index (κ1) is 13.0. The molecule has 1 unspecified atom stereocenters. The quantitative estimate of drug-likeness (QED) is 0.790. The van der Waals surface area contributed by atoms with E-state index in [1.807, 2.05) is 0 Å². The Bertz CT molecular complexity index is 529. The molecule has 0 spiro atoms. The maximum Gasteiger partial charge on any atom is 0.322 e. The zero-order valence-corrected chi connectivity index (χ0v) is 10.4. The van der Waals surface area contributed by atoms with Crippen LogP contribution in [-0.4, -0.2) is 49.5 Å². The third-order valence-corrected chi connectivity index (χ3v) is 4.70. The van der Waals surface area contributed by atoms with E-state index in [0.29, 0.717) is 6.54 Å². The van der Waals surface area contributed by atoms with Gasteiger partial charge in [0.25, 0.3) is 0 Å². The van der Waals surface area contributed by atoms with Crippen molar-refractivity contribution < 1.29 is 18.3 Å². The van der Waals surface area contributed by atoms with E-state index >= 15 is 0 Å². The molecule has 18 heavy (non-hydrogen) atoms. The van der Waals surface area contributed by atoms with Crippen LogP contribution in [0.4, 0.5) is 0 Å². The van der Waals surface area contributed by atoms with Gasteiger partial charge < -0.3 is 10.4 Å². The molecule has 1 aromatic rings. The van der Waals surface area contributed by atoms with Gasteiger partial charge in [-0.3, -0.25) is 4.79 Å². The summed E-state index contributed by atoms with van der Waals surface area (Å²) in [5.74, 6) is -1.04. The fourth-order valence-electron chi connectivity index (χ4n) is 1.85. The summed E-state index contributed by atoms with van der Waals surface area (Å²) in [5, 5.41) is 11.7. The number of carbonyl (C=O) groups is 1. The Labute approximate surface area is 105 Å². The number of carboxylic acid groups (broad SMARTS) is 1. The largest absolute Gasteiger partial charge is 0.480 e. The number of carboxylic acids is 1. The van der Waals surface area contributed by atoms with Gasteiger partial charge in [0.2, 0.25) is 10.0 Å². The highest BCUT2D eigenvalue weighted by atomic mass is 32.2. The van der Waals surface area contributed by atoms with Crippen LogP contribution in [0.3, 0.4) is 0 Å². The third kappa shape index (κ3) is 2.53. The summed E-state index contributed by atoms with van der Waals surface area (Å²) < 4.78 is 25.7. The van der Waals surface area contributed by atoms with Crippen molar-refractivity contribution >= 4 is 16.0 Å². The lowest BCUT2D eigenvalue weighted by atomic mass is 10.2. The molecule has 7 heteroatoms. The summed E-state index contributed by atoms with van der Waals surface area (Å²) in [7, 11) is -3.60. The summed E-state index contributed by atoms with van der Waals surface area (Å²) in [6.07, 6.45) is 0. The number of hydrogen-bond acceptors (Lipinski definition) is 4. The van der Waals surface area contributed by atoms with Gasteiger partial charge in [0.1, 0.15) is 6.04 Å². The van der Waals surface area contributed by atoms with Crippen molar-refractivity contribution in [3.8, 4) is 0 Å². The van der Waals surface area contributed by atoms with Crippen LogP contribution in [0.1, 0.15) is 0 Å². The van der Waals surface area contributed by atoms with Gasteiger partial charge >= 0.3 is 5.97 Å². The standard InChI is InChI=1S/C11H14N2O4S/c14-11(15)10-8-13(7-6-12-10)18(16,17)9-4-2-1-3-5-9/h1-5,10,12H,6-8H2,(H,14,15). The van der Waals surface area contributed by atoms with E-state index in [1.165, 1.54) is 16.4 Å². The molecule has 0 aliphatic carbocycles. The average Bonchev–Trinajstić information content (AvgIpc) is 2.40. The Morgan fingerprint density at radius 1 is 1.33 bits per heavy atom. The molecular weight excluding hydrogens is 256 g/mol. The second kappa shape index (κ2) is 5.05. The number of piperazine rings is 1. The molecule has 98 valence electrons. The molecule has 0 amide bonds. The molecule has 2 rings (SSSR count). The lowest BCUT2D eigenvalue weighted by Crippen LogP contribution is -2.55. The summed E-state index contributed by atoms with van der Waals surface area (Å²) >= 11 is 0. The Morgan fingerprint density at radius 3 is 2.61 bits per heavy atom. The highest BCUT2D eigenvalue weighted by molar-refractivity contribution is 7.89. The van der Waals surface area contributed by atoms with Crippen LogP contribution in [0.2, 0.25) is 0 Å². The molecule has 1 aliphatic rings. The molecule has 6 nitrogen and oxygen atoms in total. The zero-order valence-electron chi connectivity index (χ0n) is 9.61. The van der Waals surface area contributed by atoms with Gasteiger partial charge in [-0.25, -0.2) is 8.42 Å². The van der Waals surface area contributed by atoms with Crippen LogP contribution in [-0.2, 0) is 14.8 Å². The monoisotopic (exact) mass is 270 g/mol. The predicted molar refractivity (Wildman–Crippen MR) is 64.6 cm³/mol. The fourth-order valence-corrected chi connectivity index (χ4v) is 3.32. The lowest BCUT2D eigenvalue weighted by molar-refractivity contribution is -0.140. The molecule has 1 atom stereocenters. The molecule has 0 bridgehead atoms. The number of nitrogens with zero attached hydrogens (tertiary/aromatic N) is 1. The summed E-state index contributed by atoms with van der Waals surface area (Å²) in [6, 6.07) is 7.18. The minimum absolute atomic E-state index is 0.0490. The molecule has 1 heterocycles. The lowest BCUT2D eigenvalue weighted by Gasteiger charge is -2.30. The first-order valence-electron chi connectivity index (χ1n) is 5.53. The van der Waals surface area contributed by atoms with Gasteiger partial charge in [0.15, 0.2) is 0 Å². The average molecular weight is 270 g/mol. The minimum Gasteiger partial charge on any atom is -0.480 e. The van der Waals surface area contributed by atoms with E-state index in [0.717, 1.165) is 0 Å². The number of nitrogens with one attached hydrogen (secondary N) is 1. The Morgan fingerprint density at radius 2 is 2.00 bits per heavy atom. The minimum atomic E-state index is -3.60. The van der Waals surface area contributed by atoms with Gasteiger partial charge in [-0.1, -0.05) is 18.2 Å². The van der Waals surface area contributed by atoms with Crippen LogP contribution < -0.4 is 5.32 Å². The van der Waals surface area contributed by atoms with Crippen molar-refractivity contribution in [3.05, 3.63) is 30.3 Å². The van der Waals surface area contributed by atoms with Gasteiger partial charge in [-0.2, -0.15) is 4.31 Å². The van der Waals surface area contributed by atoms with Crippen LogP contribution in [0.25, 0.3) is 0 Å². The van der Waals surface area contributed by atoms with E-state index in [4.69, 9.17) is 5.11 Å². The van der Waals surface area contributed by atoms with Crippen molar-refractivity contribution in [3.63, 3.8) is 0 Å². The van der Waals surface area contributed by atoms with Gasteiger partial charge in [-0.15, -0.1) is 0 Å². The second-order valence-electron chi connectivity index (χ2n) is 4.02.